The van der Waals surface area contributed by atoms with Crippen LogP contribution in [0.3, 0.4) is 0 Å². The molecule has 0 spiro atoms. The molecule has 0 bridgehead atoms. The van der Waals surface area contributed by atoms with E-state index in [-0.39, 0.29) is 5.82 Å². The van der Waals surface area contributed by atoms with E-state index in [0.717, 1.165) is 11.3 Å². The van der Waals surface area contributed by atoms with Gasteiger partial charge in [0.1, 0.15) is 22.9 Å². The fourth-order valence-corrected chi connectivity index (χ4v) is 2.53. The van der Waals surface area contributed by atoms with E-state index in [1.165, 1.54) is 12.1 Å². The maximum absolute atomic E-state index is 13.1. The molecule has 0 atom stereocenters. The molecule has 1 aromatic carbocycles. The largest absolute Gasteiger partial charge is 0.436 e. The van der Waals surface area contributed by atoms with Gasteiger partial charge in [0.15, 0.2) is 0 Å². The molecule has 1 N–H and O–H groups in total. The number of rotatable bonds is 4. The van der Waals surface area contributed by atoms with Crippen LogP contribution in [0.4, 0.5) is 4.39 Å². The summed E-state index contributed by atoms with van der Waals surface area (Å²) in [6.45, 7) is 0.610. The quantitative estimate of drug-likeness (QED) is 0.779. The molecule has 0 radical (unpaired) electrons. The van der Waals surface area contributed by atoms with Crippen LogP contribution in [0.5, 0.6) is 11.6 Å². The lowest BCUT2D eigenvalue weighted by molar-refractivity contribution is 0.452. The molecule has 0 unspecified atom stereocenters. The molecule has 6 heteroatoms. The Balaban J connectivity index is 2.05. The second-order valence-electron chi connectivity index (χ2n) is 4.50. The van der Waals surface area contributed by atoms with E-state index in [2.05, 4.69) is 26.2 Å². The standard InChI is InChI=1S/C15H13BrFN3O/c1-18-9-12-15(19-14-4-2-3-7-20(12)14)21-13-6-5-10(17)8-11(13)16/h2-8,18H,9H2,1H3. The summed E-state index contributed by atoms with van der Waals surface area (Å²) in [6.07, 6.45) is 1.93. The third-order valence-corrected chi connectivity index (χ3v) is 3.66. The Labute approximate surface area is 129 Å². The number of hydrogen-bond donors (Lipinski definition) is 1. The highest BCUT2D eigenvalue weighted by molar-refractivity contribution is 9.10. The predicted molar refractivity (Wildman–Crippen MR) is 82.1 cm³/mol. The Hall–Kier alpha value is -1.92. The molecule has 2 aromatic heterocycles. The van der Waals surface area contributed by atoms with E-state index in [1.54, 1.807) is 6.07 Å². The number of hydrogen-bond acceptors (Lipinski definition) is 3. The van der Waals surface area contributed by atoms with Crippen LogP contribution in [0.2, 0.25) is 0 Å². The normalized spacial score (nSPS) is 11.0. The second-order valence-corrected chi connectivity index (χ2v) is 5.35. The van der Waals surface area contributed by atoms with Crippen LogP contribution in [0.15, 0.2) is 47.1 Å². The minimum Gasteiger partial charge on any atom is -0.436 e. The Kier molecular flexibility index (Phi) is 3.90. The zero-order chi connectivity index (χ0) is 14.8. The zero-order valence-electron chi connectivity index (χ0n) is 11.3. The fraction of sp³-hybridized carbons (Fsp3) is 0.133. The Bertz CT molecular complexity index is 788. The second kappa shape index (κ2) is 5.83. The number of aromatic nitrogens is 2. The van der Waals surface area contributed by atoms with Crippen LogP contribution in [0.1, 0.15) is 5.69 Å². The van der Waals surface area contributed by atoms with Crippen LogP contribution in [-0.4, -0.2) is 16.4 Å². The lowest BCUT2D eigenvalue weighted by Crippen LogP contribution is -2.08. The average molecular weight is 350 g/mol. The number of benzene rings is 1. The highest BCUT2D eigenvalue weighted by atomic mass is 79.9. The molecule has 3 aromatic rings. The molecule has 0 fully saturated rings. The van der Waals surface area contributed by atoms with Gasteiger partial charge in [-0.05, 0) is 53.3 Å². The number of pyridine rings is 1. The molecule has 2 heterocycles. The summed E-state index contributed by atoms with van der Waals surface area (Å²) in [4.78, 5) is 4.48. The summed E-state index contributed by atoms with van der Waals surface area (Å²) in [5.74, 6) is 0.708. The smallest absolute Gasteiger partial charge is 0.242 e. The molecule has 0 saturated carbocycles. The molecular weight excluding hydrogens is 337 g/mol. The van der Waals surface area contributed by atoms with E-state index in [1.807, 2.05) is 35.8 Å². The van der Waals surface area contributed by atoms with Crippen LogP contribution in [-0.2, 0) is 6.54 Å². The van der Waals surface area contributed by atoms with Crippen LogP contribution in [0, 0.1) is 5.82 Å². The van der Waals surface area contributed by atoms with Crippen molar-refractivity contribution in [1.82, 2.24) is 14.7 Å². The third kappa shape index (κ3) is 2.77. The van der Waals surface area contributed by atoms with Crippen molar-refractivity contribution in [3.63, 3.8) is 0 Å². The van der Waals surface area contributed by atoms with E-state index in [4.69, 9.17) is 4.74 Å². The van der Waals surface area contributed by atoms with Crippen molar-refractivity contribution in [2.24, 2.45) is 0 Å². The van der Waals surface area contributed by atoms with E-state index in [0.29, 0.717) is 22.6 Å². The molecule has 0 aliphatic carbocycles. The SMILES string of the molecule is CNCc1c(Oc2ccc(F)cc2Br)nc2ccccn12. The molecule has 21 heavy (non-hydrogen) atoms. The third-order valence-electron chi connectivity index (χ3n) is 3.04. The monoisotopic (exact) mass is 349 g/mol. The van der Waals surface area contributed by atoms with Gasteiger partial charge in [0.25, 0.3) is 0 Å². The van der Waals surface area contributed by atoms with Crippen LogP contribution < -0.4 is 10.1 Å². The van der Waals surface area contributed by atoms with Gasteiger partial charge >= 0.3 is 0 Å². The average Bonchev–Trinajstić information content (AvgIpc) is 2.81. The van der Waals surface area contributed by atoms with Gasteiger partial charge in [-0.25, -0.2) is 4.39 Å². The first-order valence-corrected chi connectivity index (χ1v) is 7.22. The van der Waals surface area contributed by atoms with Crippen LogP contribution in [0.25, 0.3) is 5.65 Å². The molecule has 4 nitrogen and oxygen atoms in total. The summed E-state index contributed by atoms with van der Waals surface area (Å²) < 4.78 is 21.5. The summed E-state index contributed by atoms with van der Waals surface area (Å²) in [5.41, 5.74) is 1.71. The summed E-state index contributed by atoms with van der Waals surface area (Å²) in [6, 6.07) is 10.1. The number of halogens is 2. The van der Waals surface area contributed by atoms with Gasteiger partial charge in [-0.2, -0.15) is 4.98 Å². The molecule has 0 aliphatic heterocycles. The Morgan fingerprint density at radius 1 is 1.33 bits per heavy atom. The van der Waals surface area contributed by atoms with Gasteiger partial charge in [0.2, 0.25) is 5.88 Å². The first-order chi connectivity index (χ1) is 10.2. The van der Waals surface area contributed by atoms with Crippen molar-refractivity contribution >= 4 is 21.6 Å². The van der Waals surface area contributed by atoms with Crippen molar-refractivity contribution in [3.05, 3.63) is 58.6 Å². The maximum Gasteiger partial charge on any atom is 0.242 e. The number of ether oxygens (including phenoxy) is 1. The molecule has 3 rings (SSSR count). The summed E-state index contributed by atoms with van der Waals surface area (Å²) in [7, 11) is 1.86. The van der Waals surface area contributed by atoms with Crippen molar-refractivity contribution < 1.29 is 9.13 Å². The predicted octanol–water partition coefficient (Wildman–Crippen LogP) is 3.75. The van der Waals surface area contributed by atoms with E-state index >= 15 is 0 Å². The summed E-state index contributed by atoms with van der Waals surface area (Å²) >= 11 is 3.30. The fourth-order valence-electron chi connectivity index (χ4n) is 2.10. The van der Waals surface area contributed by atoms with Crippen molar-refractivity contribution in [3.8, 4) is 11.6 Å². The Morgan fingerprint density at radius 2 is 2.19 bits per heavy atom. The highest BCUT2D eigenvalue weighted by Gasteiger charge is 2.14. The first-order valence-electron chi connectivity index (χ1n) is 6.42. The van der Waals surface area contributed by atoms with E-state index < -0.39 is 0 Å². The lowest BCUT2D eigenvalue weighted by Gasteiger charge is -2.07. The van der Waals surface area contributed by atoms with Gasteiger partial charge in [-0.15, -0.1) is 0 Å². The molecule has 108 valence electrons. The van der Waals surface area contributed by atoms with Crippen molar-refractivity contribution in [1.29, 1.82) is 0 Å². The number of nitrogens with zero attached hydrogens (tertiary/aromatic N) is 2. The Morgan fingerprint density at radius 3 is 2.95 bits per heavy atom. The number of imidazole rings is 1. The molecular formula is C15H13BrFN3O. The molecule has 0 aliphatic rings. The minimum absolute atomic E-state index is 0.320. The number of fused-ring (bicyclic) bond motifs is 1. The zero-order valence-corrected chi connectivity index (χ0v) is 12.9. The van der Waals surface area contributed by atoms with Gasteiger partial charge < -0.3 is 10.1 Å². The minimum atomic E-state index is -0.320. The topological polar surface area (TPSA) is 38.6 Å². The number of nitrogens with one attached hydrogen (secondary N) is 1. The van der Waals surface area contributed by atoms with Crippen LogP contribution >= 0.6 is 15.9 Å². The van der Waals surface area contributed by atoms with E-state index in [9.17, 15) is 4.39 Å². The lowest BCUT2D eigenvalue weighted by atomic mass is 10.3. The van der Waals surface area contributed by atoms with Gasteiger partial charge in [-0.1, -0.05) is 6.07 Å². The van der Waals surface area contributed by atoms with Gasteiger partial charge in [0.05, 0.1) is 4.47 Å². The van der Waals surface area contributed by atoms with Crippen molar-refractivity contribution in [2.75, 3.05) is 7.05 Å². The highest BCUT2D eigenvalue weighted by Crippen LogP contribution is 2.32. The maximum atomic E-state index is 13.1. The van der Waals surface area contributed by atoms with Gasteiger partial charge in [0, 0.05) is 12.7 Å². The van der Waals surface area contributed by atoms with Gasteiger partial charge in [-0.3, -0.25) is 4.40 Å². The molecule has 0 saturated heterocycles. The summed E-state index contributed by atoms with van der Waals surface area (Å²) in [5, 5.41) is 3.10. The molecule has 0 amide bonds. The van der Waals surface area contributed by atoms with Crippen molar-refractivity contribution in [2.45, 2.75) is 6.54 Å². The first kappa shape index (κ1) is 14.0.